The molecule has 24 heavy (non-hydrogen) atoms. The fraction of sp³-hybridized carbons (Fsp3) is 0.529. The second kappa shape index (κ2) is 8.89. The third-order valence-electron chi connectivity index (χ3n) is 4.16. The van der Waals surface area contributed by atoms with Crippen LogP contribution in [-0.4, -0.2) is 56.2 Å². The first-order valence-electron chi connectivity index (χ1n) is 8.30. The van der Waals surface area contributed by atoms with E-state index in [0.717, 1.165) is 18.7 Å². The Morgan fingerprint density at radius 2 is 2.00 bits per heavy atom. The number of quaternary nitrogens is 1. The van der Waals surface area contributed by atoms with Gasteiger partial charge in [-0.2, -0.15) is 0 Å². The van der Waals surface area contributed by atoms with E-state index in [-0.39, 0.29) is 18.0 Å². The van der Waals surface area contributed by atoms with Crippen molar-refractivity contribution in [1.82, 2.24) is 10.2 Å². The molecule has 0 saturated carbocycles. The van der Waals surface area contributed by atoms with E-state index in [1.54, 1.807) is 11.8 Å². The first kappa shape index (κ1) is 18.5. The SMILES string of the molecule is CCOC(=O)N1CC[NH+](CC(=O)N[C@@H](C)c2ccccc2Cl)CC1. The molecule has 2 amide bonds. The van der Waals surface area contributed by atoms with Crippen LogP contribution in [0.1, 0.15) is 25.5 Å². The fourth-order valence-corrected chi connectivity index (χ4v) is 3.12. The molecule has 0 aromatic heterocycles. The van der Waals surface area contributed by atoms with Gasteiger partial charge >= 0.3 is 6.09 Å². The predicted molar refractivity (Wildman–Crippen MR) is 92.2 cm³/mol. The molecule has 0 spiro atoms. The van der Waals surface area contributed by atoms with Crippen molar-refractivity contribution in [3.63, 3.8) is 0 Å². The summed E-state index contributed by atoms with van der Waals surface area (Å²) >= 11 is 6.16. The van der Waals surface area contributed by atoms with E-state index in [9.17, 15) is 9.59 Å². The van der Waals surface area contributed by atoms with Crippen molar-refractivity contribution >= 4 is 23.6 Å². The zero-order valence-electron chi connectivity index (χ0n) is 14.2. The highest BCUT2D eigenvalue weighted by atomic mass is 35.5. The second-order valence-corrected chi connectivity index (χ2v) is 6.33. The molecule has 2 N–H and O–H groups in total. The lowest BCUT2D eigenvalue weighted by Crippen LogP contribution is -3.15. The van der Waals surface area contributed by atoms with Crippen molar-refractivity contribution < 1.29 is 19.2 Å². The van der Waals surface area contributed by atoms with Gasteiger partial charge in [0.2, 0.25) is 0 Å². The maximum Gasteiger partial charge on any atom is 0.410 e. The van der Waals surface area contributed by atoms with Gasteiger partial charge in [-0.1, -0.05) is 29.8 Å². The van der Waals surface area contributed by atoms with Crippen molar-refractivity contribution in [1.29, 1.82) is 0 Å². The summed E-state index contributed by atoms with van der Waals surface area (Å²) in [7, 11) is 0. The minimum Gasteiger partial charge on any atom is -0.450 e. The van der Waals surface area contributed by atoms with Gasteiger partial charge in [0.05, 0.1) is 38.8 Å². The van der Waals surface area contributed by atoms with Crippen LogP contribution in [0, 0.1) is 0 Å². The molecule has 0 radical (unpaired) electrons. The number of benzene rings is 1. The second-order valence-electron chi connectivity index (χ2n) is 5.92. The lowest BCUT2D eigenvalue weighted by atomic mass is 10.1. The van der Waals surface area contributed by atoms with Gasteiger partial charge in [0.1, 0.15) is 0 Å². The van der Waals surface area contributed by atoms with Crippen LogP contribution < -0.4 is 10.2 Å². The Morgan fingerprint density at radius 3 is 2.62 bits per heavy atom. The molecule has 2 rings (SSSR count). The topological polar surface area (TPSA) is 63.1 Å². The van der Waals surface area contributed by atoms with Crippen molar-refractivity contribution in [2.45, 2.75) is 19.9 Å². The number of amides is 2. The van der Waals surface area contributed by atoms with Crippen LogP contribution in [0.15, 0.2) is 24.3 Å². The van der Waals surface area contributed by atoms with E-state index in [2.05, 4.69) is 5.32 Å². The highest BCUT2D eigenvalue weighted by Crippen LogP contribution is 2.21. The molecule has 0 aliphatic carbocycles. The monoisotopic (exact) mass is 354 g/mol. The number of ether oxygens (including phenoxy) is 1. The third-order valence-corrected chi connectivity index (χ3v) is 4.50. The standard InChI is InChI=1S/C17H24ClN3O3/c1-3-24-17(23)21-10-8-20(9-11-21)12-16(22)19-13(2)14-6-4-5-7-15(14)18/h4-7,13H,3,8-12H2,1-2H3,(H,19,22)/p+1/t13-/m0/s1. The van der Waals surface area contributed by atoms with Crippen LogP contribution in [0.4, 0.5) is 4.79 Å². The first-order chi connectivity index (χ1) is 11.5. The average molecular weight is 355 g/mol. The molecule has 1 aromatic rings. The molecule has 0 unspecified atom stereocenters. The Hall–Kier alpha value is -1.79. The van der Waals surface area contributed by atoms with E-state index in [1.165, 1.54) is 4.90 Å². The number of halogens is 1. The number of piperazine rings is 1. The summed E-state index contributed by atoms with van der Waals surface area (Å²) < 4.78 is 5.00. The number of nitrogens with zero attached hydrogens (tertiary/aromatic N) is 1. The van der Waals surface area contributed by atoms with Gasteiger partial charge < -0.3 is 15.0 Å². The molecule has 1 aromatic carbocycles. The van der Waals surface area contributed by atoms with Crippen molar-refractivity contribution in [2.75, 3.05) is 39.3 Å². The van der Waals surface area contributed by atoms with Crippen molar-refractivity contribution in [3.05, 3.63) is 34.9 Å². The Labute approximate surface area is 147 Å². The molecule has 7 heteroatoms. The lowest BCUT2D eigenvalue weighted by molar-refractivity contribution is -0.896. The molecule has 1 atom stereocenters. The summed E-state index contributed by atoms with van der Waals surface area (Å²) in [6, 6.07) is 7.38. The summed E-state index contributed by atoms with van der Waals surface area (Å²) in [5.74, 6) is -0.0120. The minimum atomic E-state index is -0.270. The Morgan fingerprint density at radius 1 is 1.33 bits per heavy atom. The van der Waals surface area contributed by atoms with Crippen LogP contribution in [0.3, 0.4) is 0 Å². The molecule has 132 valence electrons. The zero-order valence-corrected chi connectivity index (χ0v) is 14.9. The van der Waals surface area contributed by atoms with Gasteiger partial charge in [0, 0.05) is 5.02 Å². The molecule has 0 bridgehead atoms. The van der Waals surface area contributed by atoms with Gasteiger partial charge in [-0.3, -0.25) is 9.69 Å². The summed E-state index contributed by atoms with van der Waals surface area (Å²) in [5, 5.41) is 3.64. The lowest BCUT2D eigenvalue weighted by Gasteiger charge is -2.31. The van der Waals surface area contributed by atoms with Crippen LogP contribution in [0.25, 0.3) is 0 Å². The van der Waals surface area contributed by atoms with Crippen molar-refractivity contribution in [2.24, 2.45) is 0 Å². The average Bonchev–Trinajstić information content (AvgIpc) is 2.56. The molecule has 1 aliphatic rings. The predicted octanol–water partition coefficient (Wildman–Crippen LogP) is 0.874. The smallest absolute Gasteiger partial charge is 0.410 e. The Bertz CT molecular complexity index is 574. The maximum absolute atomic E-state index is 12.2. The number of carbonyl (C=O) groups is 2. The van der Waals surface area contributed by atoms with E-state index in [1.807, 2.05) is 31.2 Å². The molecule has 1 heterocycles. The minimum absolute atomic E-state index is 0.0120. The van der Waals surface area contributed by atoms with Crippen LogP contribution >= 0.6 is 11.6 Å². The van der Waals surface area contributed by atoms with E-state index >= 15 is 0 Å². The quantitative estimate of drug-likeness (QED) is 0.825. The van der Waals surface area contributed by atoms with Crippen molar-refractivity contribution in [3.8, 4) is 0 Å². The van der Waals surface area contributed by atoms with Gasteiger partial charge in [0.15, 0.2) is 6.54 Å². The highest BCUT2D eigenvalue weighted by Gasteiger charge is 2.26. The van der Waals surface area contributed by atoms with Gasteiger partial charge in [-0.05, 0) is 25.5 Å². The molecular formula is C17H25ClN3O3+. The summed E-state index contributed by atoms with van der Waals surface area (Å²) in [6.07, 6.45) is -0.270. The van der Waals surface area contributed by atoms with E-state index < -0.39 is 0 Å². The highest BCUT2D eigenvalue weighted by molar-refractivity contribution is 6.31. The largest absolute Gasteiger partial charge is 0.450 e. The van der Waals surface area contributed by atoms with Gasteiger partial charge in [-0.15, -0.1) is 0 Å². The summed E-state index contributed by atoms with van der Waals surface area (Å²) in [6.45, 7) is 7.21. The Kier molecular flexibility index (Phi) is 6.87. The number of carbonyl (C=O) groups excluding carboxylic acids is 2. The molecule has 1 fully saturated rings. The number of rotatable bonds is 5. The van der Waals surface area contributed by atoms with Crippen LogP contribution in [0.2, 0.25) is 5.02 Å². The number of nitrogens with one attached hydrogen (secondary N) is 2. The summed E-state index contributed by atoms with van der Waals surface area (Å²) in [5.41, 5.74) is 0.912. The zero-order chi connectivity index (χ0) is 17.5. The maximum atomic E-state index is 12.2. The first-order valence-corrected chi connectivity index (χ1v) is 8.68. The summed E-state index contributed by atoms with van der Waals surface area (Å²) in [4.78, 5) is 26.8. The number of hydrogen-bond donors (Lipinski definition) is 2. The third kappa shape index (κ3) is 5.11. The fourth-order valence-electron chi connectivity index (χ4n) is 2.82. The molecule has 1 aliphatic heterocycles. The van der Waals surface area contributed by atoms with Gasteiger partial charge in [0.25, 0.3) is 5.91 Å². The van der Waals surface area contributed by atoms with Gasteiger partial charge in [-0.25, -0.2) is 4.79 Å². The molecule has 6 nitrogen and oxygen atoms in total. The van der Waals surface area contributed by atoms with E-state index in [4.69, 9.17) is 16.3 Å². The number of hydrogen-bond acceptors (Lipinski definition) is 3. The Balaban J connectivity index is 1.77. The molecular weight excluding hydrogens is 330 g/mol. The van der Waals surface area contributed by atoms with Crippen LogP contribution in [-0.2, 0) is 9.53 Å². The van der Waals surface area contributed by atoms with E-state index in [0.29, 0.717) is 31.3 Å². The normalized spacial score (nSPS) is 16.5. The molecule has 1 saturated heterocycles. The van der Waals surface area contributed by atoms with Crippen LogP contribution in [0.5, 0.6) is 0 Å².